The van der Waals surface area contributed by atoms with Gasteiger partial charge in [0.15, 0.2) is 0 Å². The summed E-state index contributed by atoms with van der Waals surface area (Å²) in [7, 11) is 0. The van der Waals surface area contributed by atoms with Crippen molar-refractivity contribution < 1.29 is 46.9 Å². The summed E-state index contributed by atoms with van der Waals surface area (Å²) in [5.74, 6) is -0.965. The molecule has 0 aromatic heterocycles. The minimum atomic E-state index is -4.48. The van der Waals surface area contributed by atoms with Crippen LogP contribution in [0.5, 0.6) is 0 Å². The molecule has 0 radical (unpaired) electrons. The fourth-order valence-corrected chi connectivity index (χ4v) is 41.0. The van der Waals surface area contributed by atoms with E-state index >= 15 is 0 Å². The Morgan fingerprint density at radius 2 is 0.875 bits per heavy atom. The van der Waals surface area contributed by atoms with Crippen LogP contribution < -0.4 is 0 Å². The van der Waals surface area contributed by atoms with Crippen molar-refractivity contribution >= 4 is 18.1 Å². The van der Waals surface area contributed by atoms with Gasteiger partial charge in [0.05, 0.1) is 0 Å². The molecule has 2 unspecified atom stereocenters. The Balaban J connectivity index is 1.56. The van der Waals surface area contributed by atoms with Crippen molar-refractivity contribution in [1.82, 2.24) is 0 Å². The molecule has 2 aliphatic rings. The van der Waals surface area contributed by atoms with Crippen LogP contribution in [0.15, 0.2) is 96.1 Å². The maximum absolute atomic E-state index is 14.2. The molecule has 8 heteroatoms. The van der Waals surface area contributed by atoms with Gasteiger partial charge in [-0.2, -0.15) is 0 Å². The van der Waals surface area contributed by atoms with E-state index in [2.05, 4.69) is 65.1 Å². The number of fused-ring (bicyclic) bond motifs is 2. The van der Waals surface area contributed by atoms with E-state index in [-0.39, 0.29) is 30.3 Å². The topological polar surface area (TPSA) is 0 Å². The van der Waals surface area contributed by atoms with Crippen molar-refractivity contribution in [2.24, 2.45) is 11.8 Å². The fourth-order valence-electron chi connectivity index (χ4n) is 7.83. The van der Waals surface area contributed by atoms with E-state index in [1.54, 1.807) is 24.3 Å². The van der Waals surface area contributed by atoms with Crippen molar-refractivity contribution in [2.45, 2.75) is 60.5 Å². The van der Waals surface area contributed by atoms with Crippen LogP contribution in [0, 0.1) is 11.8 Å². The number of benzene rings is 4. The number of rotatable bonds is 7. The molecule has 2 atom stereocenters. The van der Waals surface area contributed by atoms with Crippen LogP contribution in [0.4, 0.5) is 26.3 Å². The van der Waals surface area contributed by atoms with Gasteiger partial charge in [0.2, 0.25) is 0 Å². The molecular formula is C40H39F6HfSi. The van der Waals surface area contributed by atoms with Crippen LogP contribution in [-0.2, 0) is 33.0 Å². The molecule has 0 bridgehead atoms. The molecule has 0 amide bonds. The predicted molar refractivity (Wildman–Crippen MR) is 184 cm³/mol. The molecule has 4 aromatic carbocycles. The summed E-state index contributed by atoms with van der Waals surface area (Å²) in [6.07, 6.45) is -4.61. The summed E-state index contributed by atoms with van der Waals surface area (Å²) >= 11 is -2.95. The van der Waals surface area contributed by atoms with E-state index in [4.69, 9.17) is 0 Å². The van der Waals surface area contributed by atoms with E-state index in [1.807, 2.05) is 24.3 Å². The third-order valence-electron chi connectivity index (χ3n) is 9.90. The number of allylic oxidation sites excluding steroid dienone is 2. The molecule has 0 N–H and O–H groups in total. The van der Waals surface area contributed by atoms with Crippen molar-refractivity contribution in [3.8, 4) is 22.3 Å². The van der Waals surface area contributed by atoms with Crippen LogP contribution in [0.3, 0.4) is 0 Å². The molecule has 48 heavy (non-hydrogen) atoms. The molecule has 0 fully saturated rings. The Hall–Kier alpha value is -2.97. The molecule has 6 rings (SSSR count). The first-order valence-corrected chi connectivity index (χ1v) is 29.8. The van der Waals surface area contributed by atoms with E-state index in [9.17, 15) is 26.3 Å². The van der Waals surface area contributed by atoms with Gasteiger partial charge in [-0.15, -0.1) is 0 Å². The van der Waals surface area contributed by atoms with Gasteiger partial charge in [0.25, 0.3) is 0 Å². The Morgan fingerprint density at radius 3 is 1.21 bits per heavy atom. The van der Waals surface area contributed by atoms with Crippen LogP contribution >= 0.6 is 0 Å². The molecule has 0 heterocycles. The van der Waals surface area contributed by atoms with Crippen molar-refractivity contribution in [2.75, 3.05) is 0 Å². The van der Waals surface area contributed by atoms with E-state index in [0.29, 0.717) is 11.1 Å². The second-order valence-electron chi connectivity index (χ2n) is 13.8. The van der Waals surface area contributed by atoms with Crippen molar-refractivity contribution in [3.05, 3.63) is 129 Å². The molecular weight excluding hydrogens is 801 g/mol. The number of hydrogen-bond acceptors (Lipinski definition) is 0. The van der Waals surface area contributed by atoms with Crippen LogP contribution in [0.2, 0.25) is 13.1 Å². The molecule has 0 saturated carbocycles. The number of halogens is 6. The molecule has 0 aliphatic heterocycles. The van der Waals surface area contributed by atoms with E-state index in [1.165, 1.54) is 23.3 Å². The zero-order chi connectivity index (χ0) is 34.7. The predicted octanol–water partition coefficient (Wildman–Crippen LogP) is 12.5. The standard InChI is InChI=1S/2C19H16F3.C2H7Si.Hf/c2*1-12(2)14-10-13-6-5-8-15(17(13)11-14)16-7-3-4-9-18(16)19(20,21)22;1-3-2;/h2*3-12H,1-2H3;3H,1-2H3;. The second-order valence-corrected chi connectivity index (χ2v) is 41.8. The normalized spacial score (nSPS) is 17.6. The zero-order valence-corrected chi connectivity index (χ0v) is 32.6. The summed E-state index contributed by atoms with van der Waals surface area (Å²) in [4.78, 5) is 0. The average Bonchev–Trinajstić information content (AvgIpc) is 3.60. The third-order valence-corrected chi connectivity index (χ3v) is 40.5. The molecule has 0 saturated heterocycles. The van der Waals surface area contributed by atoms with Gasteiger partial charge >= 0.3 is 289 Å². The molecule has 4 aromatic rings. The SMILES string of the molecule is CC(C)C1=Cc2c(-c3ccccc3C(F)(F)F)cccc2[CH]1[Hf]([CH]1C(C(C)C)=Cc2c(-c3ccccc3C(F)(F)F)cccc21)[SiH](C)C. The van der Waals surface area contributed by atoms with E-state index < -0.39 is 50.1 Å². The average molecular weight is 840 g/mol. The van der Waals surface area contributed by atoms with Crippen molar-refractivity contribution in [3.63, 3.8) is 0 Å². The summed E-state index contributed by atoms with van der Waals surface area (Å²) in [6, 6.07) is 23.3. The third kappa shape index (κ3) is 6.17. The molecule has 249 valence electrons. The monoisotopic (exact) mass is 841 g/mol. The molecule has 2 aliphatic carbocycles. The summed E-state index contributed by atoms with van der Waals surface area (Å²) in [5.41, 5.74) is 6.95. The first kappa shape index (κ1) is 34.9. The Kier molecular flexibility index (Phi) is 9.48. The van der Waals surface area contributed by atoms with Gasteiger partial charge in [-0.3, -0.25) is 0 Å². The van der Waals surface area contributed by atoms with Crippen LogP contribution in [0.1, 0.15) is 68.4 Å². The molecule has 0 nitrogen and oxygen atoms in total. The summed E-state index contributed by atoms with van der Waals surface area (Å²) in [6.45, 7) is 13.5. The van der Waals surface area contributed by atoms with Gasteiger partial charge < -0.3 is 0 Å². The van der Waals surface area contributed by atoms with Crippen LogP contribution in [0.25, 0.3) is 34.4 Å². The van der Waals surface area contributed by atoms with Gasteiger partial charge in [-0.25, -0.2) is 0 Å². The first-order valence-electron chi connectivity index (χ1n) is 16.5. The fraction of sp³-hybridized carbons (Fsp3) is 0.300. The van der Waals surface area contributed by atoms with Gasteiger partial charge in [0.1, 0.15) is 0 Å². The Bertz CT molecular complexity index is 1780. The Labute approximate surface area is 287 Å². The zero-order valence-electron chi connectivity index (χ0n) is 27.9. The summed E-state index contributed by atoms with van der Waals surface area (Å²) in [5, 5.41) is 0. The number of hydrogen-bond donors (Lipinski definition) is 0. The number of alkyl halides is 6. The summed E-state index contributed by atoms with van der Waals surface area (Å²) < 4.78 is 85.8. The van der Waals surface area contributed by atoms with Crippen molar-refractivity contribution in [1.29, 1.82) is 0 Å². The Morgan fingerprint density at radius 1 is 0.521 bits per heavy atom. The van der Waals surface area contributed by atoms with Gasteiger partial charge in [-0.1, -0.05) is 0 Å². The minimum absolute atomic E-state index is 0.180. The maximum atomic E-state index is 14.2. The second kappa shape index (κ2) is 13.1. The molecule has 0 spiro atoms. The van der Waals surface area contributed by atoms with Crippen LogP contribution in [-0.4, -0.2) is 5.98 Å². The first-order chi connectivity index (χ1) is 22.6. The van der Waals surface area contributed by atoms with E-state index in [0.717, 1.165) is 34.4 Å². The quantitative estimate of drug-likeness (QED) is 0.128. The van der Waals surface area contributed by atoms with Gasteiger partial charge in [-0.05, 0) is 0 Å². The van der Waals surface area contributed by atoms with Gasteiger partial charge in [0, 0.05) is 0 Å².